The third kappa shape index (κ3) is 10.7. The average molecular weight is 543 g/mol. The number of esters is 1. The summed E-state index contributed by atoms with van der Waals surface area (Å²) < 4.78 is 4.83. The molecule has 13 nitrogen and oxygen atoms in total. The summed E-state index contributed by atoms with van der Waals surface area (Å²) in [6, 6.07) is 13.8. The van der Waals surface area contributed by atoms with Crippen molar-refractivity contribution in [3.05, 3.63) is 75.8 Å². The third-order valence-corrected chi connectivity index (χ3v) is 5.94. The van der Waals surface area contributed by atoms with E-state index in [9.17, 15) is 29.6 Å². The van der Waals surface area contributed by atoms with Crippen LogP contribution < -0.4 is 16.5 Å². The van der Waals surface area contributed by atoms with Crippen molar-refractivity contribution in [3.63, 3.8) is 0 Å². The minimum atomic E-state index is -1.03. The summed E-state index contributed by atoms with van der Waals surface area (Å²) >= 11 is 0. The number of methoxy groups -OCH3 is 1. The Hall–Kier alpha value is -4.68. The third-order valence-electron chi connectivity index (χ3n) is 5.94. The Labute approximate surface area is 226 Å². The highest BCUT2D eigenvalue weighted by atomic mass is 16.7. The predicted molar refractivity (Wildman–Crippen MR) is 143 cm³/mol. The summed E-state index contributed by atoms with van der Waals surface area (Å²) in [6.07, 6.45) is 1.17. The van der Waals surface area contributed by atoms with Crippen molar-refractivity contribution >= 4 is 23.7 Å². The van der Waals surface area contributed by atoms with Gasteiger partial charge in [0.05, 0.1) is 7.11 Å². The number of phenolic OH excluding ortho intramolecular Hbond substituents is 1. The van der Waals surface area contributed by atoms with E-state index >= 15 is 0 Å². The van der Waals surface area contributed by atoms with Gasteiger partial charge < -0.3 is 25.8 Å². The first-order valence-electron chi connectivity index (χ1n) is 12.3. The summed E-state index contributed by atoms with van der Waals surface area (Å²) in [5.74, 6) is -1.73. The fourth-order valence-corrected chi connectivity index (χ4v) is 3.79. The minimum Gasteiger partial charge on any atom is -0.508 e. The van der Waals surface area contributed by atoms with Crippen LogP contribution in [0.1, 0.15) is 30.4 Å². The lowest BCUT2D eigenvalue weighted by molar-refractivity contribution is -0.525. The molecule has 0 aliphatic rings. The van der Waals surface area contributed by atoms with Gasteiger partial charge in [-0.3, -0.25) is 9.59 Å². The Balaban J connectivity index is 2.11. The number of aromatic hydroxyl groups is 1. The highest BCUT2D eigenvalue weighted by molar-refractivity contribution is 5.91. The number of benzene rings is 2. The Morgan fingerprint density at radius 1 is 1.13 bits per heavy atom. The van der Waals surface area contributed by atoms with Crippen LogP contribution in [0.25, 0.3) is 0 Å². The molecule has 0 heterocycles. The van der Waals surface area contributed by atoms with E-state index in [0.29, 0.717) is 6.42 Å². The monoisotopic (exact) mass is 542 g/mol. The van der Waals surface area contributed by atoms with Crippen LogP contribution in [0.2, 0.25) is 0 Å². The van der Waals surface area contributed by atoms with E-state index in [4.69, 9.17) is 10.5 Å². The lowest BCUT2D eigenvalue weighted by Gasteiger charge is -2.29. The van der Waals surface area contributed by atoms with Gasteiger partial charge in [-0.25, -0.2) is 19.9 Å². The normalized spacial score (nSPS) is 12.6. The summed E-state index contributed by atoms with van der Waals surface area (Å²) in [7, 11) is 2.73. The predicted octanol–water partition coefficient (Wildman–Crippen LogP) is 0.929. The number of aryl methyl sites for hydroxylation is 1. The fraction of sp³-hybridized carbons (Fsp3) is 0.385. The molecule has 13 heteroatoms. The molecule has 210 valence electrons. The number of hydrogen-bond donors (Lipinski definition) is 4. The maximum Gasteiger partial charge on any atom is 0.328 e. The van der Waals surface area contributed by atoms with E-state index in [1.807, 2.05) is 30.3 Å². The number of amides is 2. The topological polar surface area (TPSA) is 189 Å². The van der Waals surface area contributed by atoms with Gasteiger partial charge >= 0.3 is 5.97 Å². The zero-order valence-corrected chi connectivity index (χ0v) is 21.9. The molecule has 0 bridgehead atoms. The molecule has 0 aliphatic heterocycles. The average Bonchev–Trinajstić information content (AvgIpc) is 2.92. The largest absolute Gasteiger partial charge is 0.508 e. The molecule has 0 fully saturated rings. The zero-order valence-electron chi connectivity index (χ0n) is 21.9. The van der Waals surface area contributed by atoms with Crippen LogP contribution in [-0.4, -0.2) is 71.6 Å². The summed E-state index contributed by atoms with van der Waals surface area (Å²) in [5, 5.41) is 21.7. The number of hydrazine groups is 1. The minimum absolute atomic E-state index is 0.0686. The number of hydrogen-bond acceptors (Lipinski definition) is 8. The number of nitrogens with one attached hydrogen (secondary N) is 2. The molecule has 2 rings (SSSR count). The number of nitro groups is 1. The maximum absolute atomic E-state index is 13.4. The molecule has 0 aromatic heterocycles. The van der Waals surface area contributed by atoms with Gasteiger partial charge in [0.15, 0.2) is 5.03 Å². The van der Waals surface area contributed by atoms with Crippen LogP contribution in [0.15, 0.2) is 59.6 Å². The first-order valence-corrected chi connectivity index (χ1v) is 12.3. The zero-order chi connectivity index (χ0) is 28.8. The number of nitrogens with zero attached hydrogens (tertiary/aromatic N) is 3. The van der Waals surface area contributed by atoms with E-state index in [1.165, 1.54) is 12.0 Å². The second kappa shape index (κ2) is 15.5. The van der Waals surface area contributed by atoms with Gasteiger partial charge in [-0.1, -0.05) is 47.9 Å². The SMILES string of the molecule is COC(=O)[C@H](CCCN=C(N)N[N+](=O)[O-])NC(=O)[C@@H](Cc1ccccc1)N(C)C(=O)CCc1ccc(O)cc1. The number of aliphatic imine (C=N–C) groups is 1. The van der Waals surface area contributed by atoms with Gasteiger partial charge in [0.2, 0.25) is 11.8 Å². The number of guanidine groups is 1. The van der Waals surface area contributed by atoms with Crippen molar-refractivity contribution < 1.29 is 29.3 Å². The first kappa shape index (κ1) is 30.5. The van der Waals surface area contributed by atoms with Crippen LogP contribution in [0.5, 0.6) is 5.75 Å². The lowest BCUT2D eigenvalue weighted by atomic mass is 10.0. The van der Waals surface area contributed by atoms with Crippen molar-refractivity contribution in [2.24, 2.45) is 10.7 Å². The number of rotatable bonds is 14. The standard InChI is InChI=1S/C26H34N6O7/c1-31(23(34)15-12-18-10-13-20(33)14-11-18)22(17-19-7-4-3-5-8-19)24(35)29-21(25(36)39-2)9-6-16-28-26(27)30-32(37)38/h3-5,7-8,10-11,13-14,21-22,33H,6,9,12,15-17H2,1-2H3,(H,29,35)(H3,27,28,30)/t21-,22+/m0/s1. The van der Waals surface area contributed by atoms with Gasteiger partial charge in [-0.15, -0.1) is 0 Å². The molecular formula is C26H34N6O7. The molecule has 2 aromatic carbocycles. The fourth-order valence-electron chi connectivity index (χ4n) is 3.79. The lowest BCUT2D eigenvalue weighted by Crippen LogP contribution is -2.53. The molecule has 2 aromatic rings. The van der Waals surface area contributed by atoms with Gasteiger partial charge in [0.25, 0.3) is 5.96 Å². The molecule has 39 heavy (non-hydrogen) atoms. The van der Waals surface area contributed by atoms with Crippen LogP contribution >= 0.6 is 0 Å². The van der Waals surface area contributed by atoms with Crippen molar-refractivity contribution in [1.82, 2.24) is 15.6 Å². The van der Waals surface area contributed by atoms with E-state index < -0.39 is 29.0 Å². The Bertz CT molecular complexity index is 1140. The van der Waals surface area contributed by atoms with Crippen molar-refractivity contribution in [2.75, 3.05) is 20.7 Å². The molecule has 0 aliphatic carbocycles. The summed E-state index contributed by atoms with van der Waals surface area (Å²) in [6.45, 7) is 0.0686. The van der Waals surface area contributed by atoms with Crippen LogP contribution in [0.4, 0.5) is 0 Å². The molecule has 0 spiro atoms. The van der Waals surface area contributed by atoms with Crippen molar-refractivity contribution in [3.8, 4) is 5.75 Å². The quantitative estimate of drug-likeness (QED) is 0.0672. The first-order chi connectivity index (χ1) is 18.6. The van der Waals surface area contributed by atoms with E-state index in [1.54, 1.807) is 36.7 Å². The molecule has 2 atom stereocenters. The van der Waals surface area contributed by atoms with Gasteiger partial charge in [-0.05, 0) is 42.5 Å². The molecule has 0 saturated carbocycles. The molecule has 0 saturated heterocycles. The molecule has 2 amide bonds. The Kier molecular flexibility index (Phi) is 12.2. The molecule has 0 unspecified atom stereocenters. The highest BCUT2D eigenvalue weighted by Gasteiger charge is 2.30. The van der Waals surface area contributed by atoms with Gasteiger partial charge in [0, 0.05) is 26.4 Å². The number of nitrogens with two attached hydrogens (primary N) is 1. The van der Waals surface area contributed by atoms with Crippen molar-refractivity contribution in [1.29, 1.82) is 0 Å². The number of ether oxygens (including phenoxy) is 1. The summed E-state index contributed by atoms with van der Waals surface area (Å²) in [5.41, 5.74) is 8.80. The Morgan fingerprint density at radius 2 is 1.79 bits per heavy atom. The second-order valence-corrected chi connectivity index (χ2v) is 8.74. The van der Waals surface area contributed by atoms with E-state index in [2.05, 4.69) is 10.3 Å². The van der Waals surface area contributed by atoms with Gasteiger partial charge in [-0.2, -0.15) is 0 Å². The molecule has 5 N–H and O–H groups in total. The number of carbonyl (C=O) groups is 3. The number of phenols is 1. The van der Waals surface area contributed by atoms with Crippen molar-refractivity contribution in [2.45, 2.75) is 44.2 Å². The van der Waals surface area contributed by atoms with E-state index in [0.717, 1.165) is 11.1 Å². The smallest absolute Gasteiger partial charge is 0.328 e. The van der Waals surface area contributed by atoms with Gasteiger partial charge in [0.1, 0.15) is 17.8 Å². The van der Waals surface area contributed by atoms with E-state index in [-0.39, 0.29) is 49.8 Å². The number of likely N-dealkylation sites (N-methyl/N-ethyl adjacent to an activating group) is 1. The number of carbonyl (C=O) groups excluding carboxylic acids is 3. The highest BCUT2D eigenvalue weighted by Crippen LogP contribution is 2.14. The molecule has 0 radical (unpaired) electrons. The van der Waals surface area contributed by atoms with Crippen LogP contribution in [-0.2, 0) is 32.0 Å². The summed E-state index contributed by atoms with van der Waals surface area (Å²) in [4.78, 5) is 54.5. The molecular weight excluding hydrogens is 508 g/mol. The Morgan fingerprint density at radius 3 is 2.41 bits per heavy atom. The maximum atomic E-state index is 13.4. The van der Waals surface area contributed by atoms with Crippen LogP contribution in [0.3, 0.4) is 0 Å². The second-order valence-electron chi connectivity index (χ2n) is 8.74. The van der Waals surface area contributed by atoms with Crippen LogP contribution in [0, 0.1) is 10.1 Å².